The summed E-state index contributed by atoms with van der Waals surface area (Å²) in [6.07, 6.45) is 11.7. The number of aliphatic hydroxyl groups excluding tert-OH is 3. The molecule has 0 aromatic carbocycles. The van der Waals surface area contributed by atoms with Gasteiger partial charge >= 0.3 is 0 Å². The van der Waals surface area contributed by atoms with Crippen molar-refractivity contribution in [1.82, 2.24) is 0 Å². The molecule has 0 saturated carbocycles. The molecular formula is C19H36O5. The number of ether oxygens (including phenoxy) is 2. The average Bonchev–Trinajstić information content (AvgIpc) is 2.58. The summed E-state index contributed by atoms with van der Waals surface area (Å²) in [7, 11) is 0. The fourth-order valence-corrected chi connectivity index (χ4v) is 2.78. The number of hydrogen-bond donors (Lipinski definition) is 3. The van der Waals surface area contributed by atoms with Gasteiger partial charge in [-0.2, -0.15) is 0 Å². The van der Waals surface area contributed by atoms with Crippen LogP contribution in [0.2, 0.25) is 0 Å². The number of rotatable bonds is 13. The normalized spacial score (nSPS) is 27.8. The maximum absolute atomic E-state index is 9.77. The van der Waals surface area contributed by atoms with E-state index in [1.807, 2.05) is 0 Å². The van der Waals surface area contributed by atoms with Gasteiger partial charge in [0.1, 0.15) is 24.4 Å². The van der Waals surface area contributed by atoms with E-state index in [-0.39, 0.29) is 13.2 Å². The molecule has 0 aromatic rings. The van der Waals surface area contributed by atoms with Crippen LogP contribution in [-0.2, 0) is 9.47 Å². The van der Waals surface area contributed by atoms with E-state index >= 15 is 0 Å². The molecule has 0 aliphatic carbocycles. The van der Waals surface area contributed by atoms with E-state index in [4.69, 9.17) is 9.47 Å². The van der Waals surface area contributed by atoms with E-state index < -0.39 is 24.4 Å². The third kappa shape index (κ3) is 9.14. The van der Waals surface area contributed by atoms with Gasteiger partial charge in [-0.05, 0) is 32.1 Å². The molecule has 1 aliphatic rings. The Bertz CT molecular complexity index is 321. The standard InChI is InChI=1S/C19H36O5/c1-2-3-4-5-6-7-8-9-10-11-12-13-23-15-17-19(22)18(21)16(20)14-24-17/h8-9,16-22H,2-7,10-15H2,1H3/b9-8+/t16-,17+,18+,19+/m0/s1. The molecule has 142 valence electrons. The monoisotopic (exact) mass is 344 g/mol. The molecule has 24 heavy (non-hydrogen) atoms. The van der Waals surface area contributed by atoms with Crippen LogP contribution in [0.15, 0.2) is 12.2 Å². The molecular weight excluding hydrogens is 308 g/mol. The van der Waals surface area contributed by atoms with E-state index in [0.717, 1.165) is 19.3 Å². The first-order valence-corrected chi connectivity index (χ1v) is 9.55. The molecule has 5 nitrogen and oxygen atoms in total. The second-order valence-electron chi connectivity index (χ2n) is 6.67. The van der Waals surface area contributed by atoms with Crippen molar-refractivity contribution < 1.29 is 24.8 Å². The predicted octanol–water partition coefficient (Wildman–Crippen LogP) is 2.57. The van der Waals surface area contributed by atoms with Crippen LogP contribution < -0.4 is 0 Å². The van der Waals surface area contributed by atoms with Gasteiger partial charge in [-0.1, -0.05) is 44.8 Å². The maximum Gasteiger partial charge on any atom is 0.111 e. The summed E-state index contributed by atoms with van der Waals surface area (Å²) >= 11 is 0. The van der Waals surface area contributed by atoms with Crippen LogP contribution in [0.25, 0.3) is 0 Å². The molecule has 0 amide bonds. The van der Waals surface area contributed by atoms with Crippen LogP contribution in [-0.4, -0.2) is 59.6 Å². The van der Waals surface area contributed by atoms with E-state index in [1.165, 1.54) is 38.5 Å². The summed E-state index contributed by atoms with van der Waals surface area (Å²) in [5.74, 6) is 0. The Kier molecular flexibility index (Phi) is 12.4. The number of hydrogen-bond acceptors (Lipinski definition) is 5. The molecule has 1 heterocycles. The van der Waals surface area contributed by atoms with Crippen molar-refractivity contribution in [3.63, 3.8) is 0 Å². The Morgan fingerprint density at radius 2 is 1.58 bits per heavy atom. The van der Waals surface area contributed by atoms with Crippen molar-refractivity contribution in [1.29, 1.82) is 0 Å². The minimum absolute atomic E-state index is 0.0372. The molecule has 4 atom stereocenters. The molecule has 1 aliphatic heterocycles. The first-order valence-electron chi connectivity index (χ1n) is 9.55. The van der Waals surface area contributed by atoms with E-state index in [0.29, 0.717) is 6.61 Å². The van der Waals surface area contributed by atoms with Gasteiger partial charge in [0.15, 0.2) is 0 Å². The third-order valence-corrected chi connectivity index (χ3v) is 4.44. The molecule has 1 rings (SSSR count). The molecule has 5 heteroatoms. The van der Waals surface area contributed by atoms with Crippen LogP contribution in [0.4, 0.5) is 0 Å². The van der Waals surface area contributed by atoms with Gasteiger partial charge in [0, 0.05) is 6.61 Å². The van der Waals surface area contributed by atoms with E-state index in [9.17, 15) is 15.3 Å². The molecule has 0 spiro atoms. The Labute approximate surface area is 146 Å². The van der Waals surface area contributed by atoms with Crippen LogP contribution in [0.3, 0.4) is 0 Å². The van der Waals surface area contributed by atoms with Crippen molar-refractivity contribution in [2.24, 2.45) is 0 Å². The van der Waals surface area contributed by atoms with Crippen LogP contribution in [0, 0.1) is 0 Å². The molecule has 0 unspecified atom stereocenters. The lowest BCUT2D eigenvalue weighted by atomic mass is 10.0. The number of aliphatic hydroxyl groups is 3. The molecule has 0 aromatic heterocycles. The summed E-state index contributed by atoms with van der Waals surface area (Å²) < 4.78 is 10.8. The smallest absolute Gasteiger partial charge is 0.111 e. The third-order valence-electron chi connectivity index (χ3n) is 4.44. The van der Waals surface area contributed by atoms with Crippen molar-refractivity contribution in [3.8, 4) is 0 Å². The lowest BCUT2D eigenvalue weighted by molar-refractivity contribution is -0.199. The van der Waals surface area contributed by atoms with E-state index in [2.05, 4.69) is 19.1 Å². The second-order valence-corrected chi connectivity index (χ2v) is 6.67. The van der Waals surface area contributed by atoms with Gasteiger partial charge in [-0.15, -0.1) is 0 Å². The van der Waals surface area contributed by atoms with Crippen LogP contribution in [0.1, 0.15) is 64.7 Å². The topological polar surface area (TPSA) is 79.2 Å². The van der Waals surface area contributed by atoms with Crippen molar-refractivity contribution in [2.45, 2.75) is 89.1 Å². The Morgan fingerprint density at radius 1 is 0.917 bits per heavy atom. The summed E-state index contributed by atoms with van der Waals surface area (Å²) in [5, 5.41) is 28.7. The Morgan fingerprint density at radius 3 is 2.29 bits per heavy atom. The largest absolute Gasteiger partial charge is 0.388 e. The highest BCUT2D eigenvalue weighted by atomic mass is 16.6. The molecule has 3 N–H and O–H groups in total. The quantitative estimate of drug-likeness (QED) is 0.353. The molecule has 1 fully saturated rings. The fourth-order valence-electron chi connectivity index (χ4n) is 2.78. The second kappa shape index (κ2) is 13.8. The predicted molar refractivity (Wildman–Crippen MR) is 94.9 cm³/mol. The highest BCUT2D eigenvalue weighted by Gasteiger charge is 2.37. The Balaban J connectivity index is 1.90. The van der Waals surface area contributed by atoms with Crippen LogP contribution in [0.5, 0.6) is 0 Å². The molecule has 0 bridgehead atoms. The van der Waals surface area contributed by atoms with Gasteiger partial charge in [0.25, 0.3) is 0 Å². The van der Waals surface area contributed by atoms with Gasteiger partial charge in [0.05, 0.1) is 13.2 Å². The van der Waals surface area contributed by atoms with Crippen molar-refractivity contribution in [2.75, 3.05) is 19.8 Å². The molecule has 0 radical (unpaired) electrons. The van der Waals surface area contributed by atoms with Crippen molar-refractivity contribution >= 4 is 0 Å². The first-order chi connectivity index (χ1) is 11.7. The van der Waals surface area contributed by atoms with Crippen molar-refractivity contribution in [3.05, 3.63) is 12.2 Å². The van der Waals surface area contributed by atoms with E-state index in [1.54, 1.807) is 0 Å². The van der Waals surface area contributed by atoms with Gasteiger partial charge in [-0.3, -0.25) is 0 Å². The zero-order chi connectivity index (χ0) is 17.6. The SMILES string of the molecule is CCCCCCC/C=C/CCCCOC[C@H]1OC[C@H](O)[C@@H](O)[C@@H]1O. The maximum atomic E-state index is 9.77. The highest BCUT2D eigenvalue weighted by Crippen LogP contribution is 2.16. The average molecular weight is 344 g/mol. The summed E-state index contributed by atoms with van der Waals surface area (Å²) in [6.45, 7) is 3.14. The Hall–Kier alpha value is -0.460. The molecule has 1 saturated heterocycles. The van der Waals surface area contributed by atoms with Gasteiger partial charge in [-0.25, -0.2) is 0 Å². The lowest BCUT2D eigenvalue weighted by Crippen LogP contribution is -2.54. The number of unbranched alkanes of at least 4 members (excludes halogenated alkanes) is 7. The minimum Gasteiger partial charge on any atom is -0.388 e. The fraction of sp³-hybridized carbons (Fsp3) is 0.895. The van der Waals surface area contributed by atoms with Gasteiger partial charge < -0.3 is 24.8 Å². The van der Waals surface area contributed by atoms with Gasteiger partial charge in [0.2, 0.25) is 0 Å². The first kappa shape index (κ1) is 21.6. The lowest BCUT2D eigenvalue weighted by Gasteiger charge is -2.35. The summed E-state index contributed by atoms with van der Waals surface area (Å²) in [5.41, 5.74) is 0. The number of allylic oxidation sites excluding steroid dienone is 2. The minimum atomic E-state index is -1.15. The zero-order valence-electron chi connectivity index (χ0n) is 15.1. The summed E-state index contributed by atoms with van der Waals surface area (Å²) in [6, 6.07) is 0. The highest BCUT2D eigenvalue weighted by molar-refractivity contribution is 4.86. The van der Waals surface area contributed by atoms with Crippen LogP contribution >= 0.6 is 0 Å². The summed E-state index contributed by atoms with van der Waals surface area (Å²) in [4.78, 5) is 0. The zero-order valence-corrected chi connectivity index (χ0v) is 15.1.